The van der Waals surface area contributed by atoms with Gasteiger partial charge in [0.15, 0.2) is 46.5 Å². The topological polar surface area (TPSA) is 4.93 Å². The van der Waals surface area contributed by atoms with Crippen molar-refractivity contribution in [3.05, 3.63) is 89.1 Å². The molecule has 0 aliphatic rings. The Kier molecular flexibility index (Phi) is 4.33. The molecule has 0 spiro atoms. The number of rotatable bonds is 2. The van der Waals surface area contributed by atoms with Gasteiger partial charge in [-0.05, 0) is 23.6 Å². The van der Waals surface area contributed by atoms with Crippen LogP contribution in [0.1, 0.15) is 0 Å². The average molecular weight is 413 g/mol. The van der Waals surface area contributed by atoms with Gasteiger partial charge in [-0.15, -0.1) is 0 Å². The van der Waals surface area contributed by atoms with Gasteiger partial charge in [-0.2, -0.15) is 0 Å². The van der Waals surface area contributed by atoms with E-state index in [1.807, 2.05) is 0 Å². The number of halogens is 8. The van der Waals surface area contributed by atoms with Crippen LogP contribution in [0.4, 0.5) is 35.1 Å². The average Bonchev–Trinajstić information content (AvgIpc) is 3.14. The highest BCUT2D eigenvalue weighted by Gasteiger charge is 2.31. The monoisotopic (exact) mass is 413 g/mol. The van der Waals surface area contributed by atoms with Crippen molar-refractivity contribution in [1.29, 1.82) is 0 Å². The predicted octanol–water partition coefficient (Wildman–Crippen LogP) is 6.41. The number of nitrogens with zero attached hydrogens (tertiary/aromatic N) is 1. The van der Waals surface area contributed by atoms with E-state index in [1.165, 1.54) is 18.2 Å². The summed E-state index contributed by atoms with van der Waals surface area (Å²) in [6.45, 7) is 0. The molecule has 0 radical (unpaired) electrons. The van der Waals surface area contributed by atoms with Crippen LogP contribution in [0, 0.1) is 46.5 Å². The van der Waals surface area contributed by atoms with Gasteiger partial charge in [0.1, 0.15) is 0 Å². The summed E-state index contributed by atoms with van der Waals surface area (Å²) in [6.07, 6.45) is 1.15. The molecule has 0 N–H and O–H groups in total. The van der Waals surface area contributed by atoms with Crippen LogP contribution in [-0.4, -0.2) is 4.57 Å². The number of para-hydroxylation sites is 1. The molecule has 29 heavy (non-hydrogen) atoms. The van der Waals surface area contributed by atoms with E-state index in [9.17, 15) is 35.1 Å². The van der Waals surface area contributed by atoms with Crippen LogP contribution in [0.2, 0.25) is 0 Å². The van der Waals surface area contributed by atoms with Crippen molar-refractivity contribution in [3.8, 4) is 16.8 Å². The Morgan fingerprint density at radius 1 is 0.586 bits per heavy atom. The lowest BCUT2D eigenvalue weighted by atomic mass is 10.00. The molecule has 0 atom stereocenters. The summed E-state index contributed by atoms with van der Waals surface area (Å²) < 4.78 is 113. The highest BCUT2D eigenvalue weighted by atomic mass is 19.2. The Morgan fingerprint density at radius 3 is 1.93 bits per heavy atom. The van der Waals surface area contributed by atoms with E-state index in [4.69, 9.17) is 0 Å². The molecular formula is C20H7F8N. The van der Waals surface area contributed by atoms with E-state index >= 15 is 0 Å². The molecule has 1 nitrogen and oxygen atoms in total. The molecule has 0 bridgehead atoms. The minimum atomic E-state index is -2.32. The van der Waals surface area contributed by atoms with Crippen LogP contribution >= 0.6 is 0 Å². The lowest BCUT2D eigenvalue weighted by Crippen LogP contribution is -2.10. The number of hydrogen-bond acceptors (Lipinski definition) is 0. The van der Waals surface area contributed by atoms with Crippen molar-refractivity contribution < 1.29 is 35.1 Å². The van der Waals surface area contributed by atoms with Crippen molar-refractivity contribution in [2.24, 2.45) is 0 Å². The first-order chi connectivity index (χ1) is 13.7. The van der Waals surface area contributed by atoms with Crippen molar-refractivity contribution in [2.45, 2.75) is 0 Å². The highest BCUT2D eigenvalue weighted by Crippen LogP contribution is 2.39. The Hall–Kier alpha value is -3.36. The zero-order valence-electron chi connectivity index (χ0n) is 14.0. The quantitative estimate of drug-likeness (QED) is 0.203. The standard InChI is InChI=1S/C20H7F8N/c21-10-7-9(13(22)16(25)14(10)23)12-15(24)17(26)18(27)19(28)20(12)29-6-5-8-3-1-2-4-11(8)29/h1-7H. The molecule has 0 saturated carbocycles. The number of fused-ring (bicyclic) bond motifs is 1. The minimum Gasteiger partial charge on any atom is -0.313 e. The fraction of sp³-hybridized carbons (Fsp3) is 0. The molecule has 3 aromatic carbocycles. The van der Waals surface area contributed by atoms with Crippen molar-refractivity contribution >= 4 is 10.9 Å². The maximum absolute atomic E-state index is 14.7. The van der Waals surface area contributed by atoms with Gasteiger partial charge in [-0.3, -0.25) is 0 Å². The minimum absolute atomic E-state index is 0.0398. The fourth-order valence-corrected chi connectivity index (χ4v) is 3.12. The van der Waals surface area contributed by atoms with Crippen molar-refractivity contribution in [1.82, 2.24) is 4.57 Å². The van der Waals surface area contributed by atoms with Crippen LogP contribution in [0.25, 0.3) is 27.7 Å². The molecule has 0 fully saturated rings. The molecular weight excluding hydrogens is 406 g/mol. The van der Waals surface area contributed by atoms with E-state index in [0.29, 0.717) is 5.39 Å². The maximum Gasteiger partial charge on any atom is 0.199 e. The van der Waals surface area contributed by atoms with E-state index < -0.39 is 63.4 Å². The second-order valence-corrected chi connectivity index (χ2v) is 6.07. The van der Waals surface area contributed by atoms with Gasteiger partial charge < -0.3 is 4.57 Å². The number of hydrogen-bond donors (Lipinski definition) is 0. The summed E-state index contributed by atoms with van der Waals surface area (Å²) in [5, 5.41) is 0.472. The van der Waals surface area contributed by atoms with Crippen LogP contribution in [0.5, 0.6) is 0 Å². The molecule has 0 aliphatic heterocycles. The SMILES string of the molecule is Fc1cc(-c2c(F)c(F)c(F)c(F)c2-n2ccc3ccccc32)c(F)c(F)c1F. The van der Waals surface area contributed by atoms with Gasteiger partial charge in [0.25, 0.3) is 0 Å². The largest absolute Gasteiger partial charge is 0.313 e. The van der Waals surface area contributed by atoms with E-state index in [-0.39, 0.29) is 11.6 Å². The second-order valence-electron chi connectivity index (χ2n) is 6.07. The second kappa shape index (κ2) is 6.61. The Labute approximate surface area is 157 Å². The number of benzene rings is 3. The van der Waals surface area contributed by atoms with E-state index in [1.54, 1.807) is 12.1 Å². The first-order valence-corrected chi connectivity index (χ1v) is 7.99. The Bertz CT molecular complexity index is 1290. The van der Waals surface area contributed by atoms with Crippen LogP contribution in [-0.2, 0) is 0 Å². The first kappa shape index (κ1) is 19.0. The van der Waals surface area contributed by atoms with Crippen molar-refractivity contribution in [3.63, 3.8) is 0 Å². The third-order valence-electron chi connectivity index (χ3n) is 4.45. The zero-order chi connectivity index (χ0) is 21.0. The van der Waals surface area contributed by atoms with E-state index in [2.05, 4.69) is 0 Å². The summed E-state index contributed by atoms with van der Waals surface area (Å²) in [7, 11) is 0. The maximum atomic E-state index is 14.7. The van der Waals surface area contributed by atoms with Crippen molar-refractivity contribution in [2.75, 3.05) is 0 Å². The molecule has 0 unspecified atom stereocenters. The Morgan fingerprint density at radius 2 is 1.21 bits per heavy atom. The molecule has 4 rings (SSSR count). The lowest BCUT2D eigenvalue weighted by Gasteiger charge is -2.17. The molecule has 4 aromatic rings. The summed E-state index contributed by atoms with van der Waals surface area (Å²) in [5.74, 6) is -17.1. The zero-order valence-corrected chi connectivity index (χ0v) is 14.0. The summed E-state index contributed by atoms with van der Waals surface area (Å²) in [5.41, 5.74) is -3.48. The molecule has 0 amide bonds. The summed E-state index contributed by atoms with van der Waals surface area (Å²) in [4.78, 5) is 0. The highest BCUT2D eigenvalue weighted by molar-refractivity contribution is 5.85. The molecule has 1 heterocycles. The van der Waals surface area contributed by atoms with Crippen LogP contribution in [0.15, 0.2) is 42.6 Å². The van der Waals surface area contributed by atoms with Gasteiger partial charge >= 0.3 is 0 Å². The van der Waals surface area contributed by atoms with Crippen LogP contribution < -0.4 is 0 Å². The fourth-order valence-electron chi connectivity index (χ4n) is 3.12. The van der Waals surface area contributed by atoms with Gasteiger partial charge in [0.05, 0.1) is 16.8 Å². The summed E-state index contributed by atoms with van der Waals surface area (Å²) >= 11 is 0. The molecule has 9 heteroatoms. The molecule has 0 saturated heterocycles. The van der Waals surface area contributed by atoms with Gasteiger partial charge in [0, 0.05) is 11.8 Å². The smallest absolute Gasteiger partial charge is 0.199 e. The third kappa shape index (κ3) is 2.68. The normalized spacial score (nSPS) is 11.4. The molecule has 1 aromatic heterocycles. The predicted molar refractivity (Wildman–Crippen MR) is 88.4 cm³/mol. The number of aromatic nitrogens is 1. The Balaban J connectivity index is 2.19. The lowest BCUT2D eigenvalue weighted by molar-refractivity contribution is 0.403. The summed E-state index contributed by atoms with van der Waals surface area (Å²) in [6, 6.07) is 7.56. The van der Waals surface area contributed by atoms with Gasteiger partial charge in [-0.1, -0.05) is 18.2 Å². The van der Waals surface area contributed by atoms with E-state index in [0.717, 1.165) is 10.8 Å². The third-order valence-corrected chi connectivity index (χ3v) is 4.45. The van der Waals surface area contributed by atoms with Crippen LogP contribution in [0.3, 0.4) is 0 Å². The van der Waals surface area contributed by atoms with Gasteiger partial charge in [0.2, 0.25) is 0 Å². The van der Waals surface area contributed by atoms with Gasteiger partial charge in [-0.25, -0.2) is 35.1 Å². The first-order valence-electron chi connectivity index (χ1n) is 7.99. The molecule has 148 valence electrons. The molecule has 0 aliphatic carbocycles.